The van der Waals surface area contributed by atoms with Gasteiger partial charge in [-0.3, -0.25) is 19.7 Å². The molecule has 6 aromatic carbocycles. The standard InChI is InChI=1S/C16H11N2O.C15H12NO2.C15H12NOS.3Np/c1-2-17-16(19)15-11-7-3-5-9-13(11)18-14-10-6-4-8-12(14)15;2*1-18-15(17)14-10-6-2-4-8-12(10)16-13-9-5-3-7-11(13)14;;;/h1,3-10,15H,(H,17,19);2*2-9,14H,1H3;;;/q3*-1;;;. The van der Waals surface area contributed by atoms with E-state index in [0.29, 0.717) is 0 Å². The molecular formula is C46H35N4Np3O4S-3. The Kier molecular flexibility index (Phi) is 17.8. The number of amides is 1. The van der Waals surface area contributed by atoms with Crippen molar-refractivity contribution < 1.29 is 109 Å². The zero-order valence-corrected chi connectivity index (χ0v) is 43.4. The number of esters is 1. The first-order chi connectivity index (χ1) is 26.9. The molecule has 3 aliphatic rings. The third-order valence-corrected chi connectivity index (χ3v) is 10.2. The molecule has 0 aromatic heterocycles. The molecule has 8 nitrogen and oxygen atoms in total. The first-order valence-electron chi connectivity index (χ1n) is 17.5. The molecule has 0 saturated carbocycles. The minimum atomic E-state index is -0.402. The van der Waals surface area contributed by atoms with E-state index >= 15 is 0 Å². The number of terminal acetylenes is 1. The Morgan fingerprint density at radius 3 is 1.07 bits per heavy atom. The smallest absolute Gasteiger partial charge is 0.317 e. The van der Waals surface area contributed by atoms with E-state index in [9.17, 15) is 14.4 Å². The van der Waals surface area contributed by atoms with Crippen LogP contribution in [0.2, 0.25) is 0 Å². The molecule has 0 unspecified atom stereocenters. The molecule has 3 aliphatic heterocycles. The molecule has 9 rings (SSSR count). The Balaban J connectivity index is 0.000000188. The van der Waals surface area contributed by atoms with E-state index in [2.05, 4.69) is 27.3 Å². The molecule has 1 amide bonds. The molecule has 0 fully saturated rings. The fraction of sp³-hybridized carbons (Fsp3) is 0.109. The van der Waals surface area contributed by atoms with Crippen LogP contribution in [-0.2, 0) is 19.1 Å². The minimum absolute atomic E-state index is 0. The Hall–Kier alpha value is -3.72. The van der Waals surface area contributed by atoms with Gasteiger partial charge in [0, 0.05) is 95.9 Å². The van der Waals surface area contributed by atoms with Crippen molar-refractivity contribution >= 4 is 62.9 Å². The van der Waals surface area contributed by atoms with Gasteiger partial charge in [-0.1, -0.05) is 164 Å². The number of hydrogen-bond acceptors (Lipinski definition) is 5. The Morgan fingerprint density at radius 2 is 0.793 bits per heavy atom. The van der Waals surface area contributed by atoms with Crippen LogP contribution in [0.15, 0.2) is 146 Å². The molecule has 3 heterocycles. The van der Waals surface area contributed by atoms with Crippen molar-refractivity contribution in [2.24, 2.45) is 0 Å². The fourth-order valence-corrected chi connectivity index (χ4v) is 7.55. The number of carbonyl (C=O) groups excluding carboxylic acids is 3. The van der Waals surface area contributed by atoms with E-state index in [1.165, 1.54) is 18.9 Å². The molecule has 0 spiro atoms. The summed E-state index contributed by atoms with van der Waals surface area (Å²) < 4.78 is 4.92. The fourth-order valence-electron chi connectivity index (χ4n) is 7.06. The van der Waals surface area contributed by atoms with Crippen LogP contribution in [0.4, 0.5) is 34.1 Å². The number of nitrogens with one attached hydrogen (secondary N) is 1. The number of carbonyl (C=O) groups is 3. The van der Waals surface area contributed by atoms with E-state index in [0.717, 1.165) is 67.5 Å². The maximum atomic E-state index is 12.2. The normalized spacial score (nSPS) is 12.4. The van der Waals surface area contributed by atoms with E-state index in [1.54, 1.807) is 0 Å². The van der Waals surface area contributed by atoms with Crippen molar-refractivity contribution in [3.05, 3.63) is 195 Å². The monoisotopic (exact) mass is 1450 g/mol. The summed E-state index contributed by atoms with van der Waals surface area (Å²) in [4.78, 5) is 36.5. The summed E-state index contributed by atoms with van der Waals surface area (Å²) in [5.41, 5.74) is 10.7. The topological polar surface area (TPSA) is 115 Å². The van der Waals surface area contributed by atoms with E-state index in [4.69, 9.17) is 11.2 Å². The van der Waals surface area contributed by atoms with Crippen LogP contribution in [0.1, 0.15) is 51.1 Å². The Morgan fingerprint density at radius 1 is 0.517 bits per heavy atom. The molecule has 58 heavy (non-hydrogen) atoms. The average molecular weight is 1450 g/mol. The zero-order chi connectivity index (χ0) is 38.3. The molecule has 12 heteroatoms. The van der Waals surface area contributed by atoms with Crippen molar-refractivity contribution in [3.8, 4) is 12.5 Å². The third kappa shape index (κ3) is 9.99. The molecule has 1 N–H and O–H groups in total. The summed E-state index contributed by atoms with van der Waals surface area (Å²) in [6.07, 6.45) is 7.00. The van der Waals surface area contributed by atoms with Crippen LogP contribution in [0.5, 0.6) is 0 Å². The summed E-state index contributed by atoms with van der Waals surface area (Å²) in [7, 11) is 1.42. The predicted molar refractivity (Wildman–Crippen MR) is 220 cm³/mol. The van der Waals surface area contributed by atoms with Crippen LogP contribution in [0, 0.1) is 102 Å². The number of benzene rings is 6. The third-order valence-electron chi connectivity index (χ3n) is 9.54. The summed E-state index contributed by atoms with van der Waals surface area (Å²) >= 11 is 1.28. The molecule has 6 aromatic rings. The zero-order valence-electron chi connectivity index (χ0n) is 31.4. The maximum Gasteiger partial charge on any atom is 0.317 e. The van der Waals surface area contributed by atoms with Crippen LogP contribution >= 0.6 is 11.8 Å². The predicted octanol–water partition coefficient (Wildman–Crippen LogP) is 11.2. The summed E-state index contributed by atoms with van der Waals surface area (Å²) in [6.45, 7) is 0. The molecule has 0 bridgehead atoms. The Bertz CT molecular complexity index is 2210. The molecule has 0 aliphatic carbocycles. The number of nitrogens with zero attached hydrogens (tertiary/aromatic N) is 3. The number of thioether (sulfide) groups is 1. The van der Waals surface area contributed by atoms with Crippen LogP contribution < -0.4 is 5.32 Å². The summed E-state index contributed by atoms with van der Waals surface area (Å²) in [5.74, 6) is -1.41. The van der Waals surface area contributed by atoms with E-state index in [-0.39, 0.29) is 119 Å². The first kappa shape index (κ1) is 47.0. The van der Waals surface area contributed by atoms with Gasteiger partial charge in [0.15, 0.2) is 5.12 Å². The largest absolute Gasteiger partial charge is 0.657 e. The van der Waals surface area contributed by atoms with Gasteiger partial charge in [-0.05, 0) is 39.6 Å². The Labute approximate surface area is 411 Å². The number of methoxy groups -OCH3 is 1. The second-order valence-electron chi connectivity index (χ2n) is 12.7. The van der Waals surface area contributed by atoms with Gasteiger partial charge < -0.3 is 20.7 Å². The average Bonchev–Trinajstić information content (AvgIpc) is 3.23. The van der Waals surface area contributed by atoms with Crippen molar-refractivity contribution in [3.63, 3.8) is 0 Å². The van der Waals surface area contributed by atoms with Crippen molar-refractivity contribution in [2.45, 2.75) is 17.8 Å². The summed E-state index contributed by atoms with van der Waals surface area (Å²) in [5, 5.41) is 16.4. The second-order valence-corrected chi connectivity index (χ2v) is 13.5. The van der Waals surface area contributed by atoms with Crippen LogP contribution in [0.25, 0.3) is 16.0 Å². The van der Waals surface area contributed by atoms with Gasteiger partial charge in [-0.15, -0.1) is 34.1 Å². The van der Waals surface area contributed by atoms with Gasteiger partial charge in [0.25, 0.3) is 0 Å². The molecule has 0 saturated heterocycles. The maximum absolute atomic E-state index is 12.2. The van der Waals surface area contributed by atoms with E-state index in [1.807, 2.05) is 152 Å². The van der Waals surface area contributed by atoms with E-state index < -0.39 is 5.92 Å². The number of ether oxygens (including phenoxy) is 1. The van der Waals surface area contributed by atoms with Gasteiger partial charge in [0.2, 0.25) is 5.91 Å². The van der Waals surface area contributed by atoms with Crippen molar-refractivity contribution in [1.82, 2.24) is 5.32 Å². The van der Waals surface area contributed by atoms with Gasteiger partial charge in [-0.25, -0.2) is 0 Å². The SMILES string of the molecule is C#CNC(=O)C1c2ccccc2[N-]c2ccccc21.COC(=O)C1c2ccccc2[N-]c2ccccc21.CSC(=O)C1c2ccccc2[N-]c2ccccc21.[Np].[Np].[Np]. The molecule has 3 radical (unpaired) electrons. The van der Waals surface area contributed by atoms with Gasteiger partial charge in [0.05, 0.1) is 18.9 Å². The molecular weight excluding hydrogens is 1420 g/mol. The van der Waals surface area contributed by atoms with Gasteiger partial charge in [0.1, 0.15) is 5.92 Å². The number of para-hydroxylation sites is 6. The first-order valence-corrected chi connectivity index (χ1v) is 18.8. The quantitative estimate of drug-likeness (QED) is 0.108. The van der Waals surface area contributed by atoms with Gasteiger partial charge >= 0.3 is 5.97 Å². The molecule has 0 atom stereocenters. The molecule has 287 valence electrons. The number of rotatable bonds is 3. The number of fused-ring (bicyclic) bond motifs is 6. The van der Waals surface area contributed by atoms with Gasteiger partial charge in [-0.2, -0.15) is 0 Å². The van der Waals surface area contributed by atoms with Crippen LogP contribution in [-0.4, -0.2) is 30.4 Å². The number of hydrogen-bond donors (Lipinski definition) is 1. The van der Waals surface area contributed by atoms with Crippen molar-refractivity contribution in [2.75, 3.05) is 13.4 Å². The van der Waals surface area contributed by atoms with Crippen molar-refractivity contribution in [1.29, 1.82) is 0 Å². The summed E-state index contributed by atoms with van der Waals surface area (Å²) in [6, 6.07) is 48.6. The minimum Gasteiger partial charge on any atom is -0.657 e. The van der Waals surface area contributed by atoms with Crippen LogP contribution in [0.3, 0.4) is 0 Å². The second kappa shape index (κ2) is 22.0.